The molecule has 1 aromatic heterocycles. The lowest BCUT2D eigenvalue weighted by Gasteiger charge is -2.23. The zero-order valence-electron chi connectivity index (χ0n) is 11.1. The first-order valence-electron chi connectivity index (χ1n) is 6.31. The van der Waals surface area contributed by atoms with Crippen LogP contribution in [0.2, 0.25) is 0 Å². The van der Waals surface area contributed by atoms with Gasteiger partial charge in [0.2, 0.25) is 0 Å². The molecule has 5 heteroatoms. The van der Waals surface area contributed by atoms with Crippen molar-refractivity contribution in [1.82, 2.24) is 4.57 Å². The number of nitrogens with zero attached hydrogens (tertiary/aromatic N) is 1. The van der Waals surface area contributed by atoms with Gasteiger partial charge in [-0.05, 0) is 24.1 Å². The molecule has 102 valence electrons. The standard InChI is InChI=1S/C15H14N2O3/c1-20-10-3-2-9-4-5-17-8-12(15(16)19)14(18)7-13(17)11(9)6-10/h2-3,6-8H,4-5H2,1H3,(H2,16,19). The second-order valence-electron chi connectivity index (χ2n) is 4.77. The van der Waals surface area contributed by atoms with E-state index >= 15 is 0 Å². The quantitative estimate of drug-likeness (QED) is 0.890. The molecule has 1 aliphatic rings. The summed E-state index contributed by atoms with van der Waals surface area (Å²) in [4.78, 5) is 23.2. The summed E-state index contributed by atoms with van der Waals surface area (Å²) < 4.78 is 7.12. The largest absolute Gasteiger partial charge is 0.497 e. The molecule has 0 fully saturated rings. The molecule has 0 saturated heterocycles. The predicted molar refractivity (Wildman–Crippen MR) is 74.9 cm³/mol. The molecule has 0 radical (unpaired) electrons. The highest BCUT2D eigenvalue weighted by Crippen LogP contribution is 2.31. The number of aryl methyl sites for hydroxylation is 2. The van der Waals surface area contributed by atoms with Crippen molar-refractivity contribution in [2.24, 2.45) is 5.73 Å². The number of carbonyl (C=O) groups is 1. The van der Waals surface area contributed by atoms with Gasteiger partial charge < -0.3 is 15.0 Å². The summed E-state index contributed by atoms with van der Waals surface area (Å²) in [6.07, 6.45) is 2.38. The van der Waals surface area contributed by atoms with Crippen LogP contribution in [0.3, 0.4) is 0 Å². The molecule has 0 bridgehead atoms. The monoisotopic (exact) mass is 270 g/mol. The number of pyridine rings is 1. The summed E-state index contributed by atoms with van der Waals surface area (Å²) in [5, 5.41) is 0. The number of methoxy groups -OCH3 is 1. The van der Waals surface area contributed by atoms with Gasteiger partial charge in [0.05, 0.1) is 12.8 Å². The van der Waals surface area contributed by atoms with E-state index in [1.165, 1.54) is 6.07 Å². The first kappa shape index (κ1) is 12.5. The van der Waals surface area contributed by atoms with Crippen molar-refractivity contribution in [2.45, 2.75) is 13.0 Å². The number of carbonyl (C=O) groups excluding carboxylic acids is 1. The Morgan fingerprint density at radius 3 is 2.85 bits per heavy atom. The molecule has 0 spiro atoms. The second-order valence-corrected chi connectivity index (χ2v) is 4.77. The summed E-state index contributed by atoms with van der Waals surface area (Å²) in [7, 11) is 1.60. The van der Waals surface area contributed by atoms with E-state index in [1.54, 1.807) is 13.3 Å². The van der Waals surface area contributed by atoms with E-state index in [1.807, 2.05) is 22.8 Å². The molecule has 2 N–H and O–H groups in total. The fourth-order valence-corrected chi connectivity index (χ4v) is 2.56. The van der Waals surface area contributed by atoms with Crippen LogP contribution in [-0.2, 0) is 13.0 Å². The van der Waals surface area contributed by atoms with Gasteiger partial charge in [-0.15, -0.1) is 0 Å². The van der Waals surface area contributed by atoms with Gasteiger partial charge in [0.15, 0.2) is 5.43 Å². The van der Waals surface area contributed by atoms with Crippen molar-refractivity contribution in [1.29, 1.82) is 0 Å². The topological polar surface area (TPSA) is 74.3 Å². The van der Waals surface area contributed by atoms with Gasteiger partial charge >= 0.3 is 0 Å². The maximum atomic E-state index is 12.0. The molecule has 1 aliphatic heterocycles. The van der Waals surface area contributed by atoms with Crippen LogP contribution in [0.4, 0.5) is 0 Å². The zero-order valence-corrected chi connectivity index (χ0v) is 11.1. The molecule has 0 aliphatic carbocycles. The number of amides is 1. The van der Waals surface area contributed by atoms with E-state index in [4.69, 9.17) is 10.5 Å². The van der Waals surface area contributed by atoms with E-state index < -0.39 is 5.91 Å². The molecular formula is C15H14N2O3. The van der Waals surface area contributed by atoms with E-state index in [2.05, 4.69) is 0 Å². The Morgan fingerprint density at radius 2 is 2.15 bits per heavy atom. The van der Waals surface area contributed by atoms with Crippen molar-refractivity contribution >= 4 is 5.91 Å². The van der Waals surface area contributed by atoms with Crippen LogP contribution < -0.4 is 15.9 Å². The average Bonchev–Trinajstić information content (AvgIpc) is 2.45. The van der Waals surface area contributed by atoms with Crippen molar-refractivity contribution in [3.05, 3.63) is 51.8 Å². The van der Waals surface area contributed by atoms with Gasteiger partial charge in [0.1, 0.15) is 11.3 Å². The normalized spacial score (nSPS) is 12.4. The van der Waals surface area contributed by atoms with Crippen LogP contribution in [0.1, 0.15) is 15.9 Å². The summed E-state index contributed by atoms with van der Waals surface area (Å²) in [6.45, 7) is 0.717. The van der Waals surface area contributed by atoms with Gasteiger partial charge in [0, 0.05) is 24.4 Å². The van der Waals surface area contributed by atoms with Crippen molar-refractivity contribution in [3.8, 4) is 17.0 Å². The minimum atomic E-state index is -0.693. The molecule has 1 aromatic carbocycles. The Hall–Kier alpha value is -2.56. The van der Waals surface area contributed by atoms with Crippen molar-refractivity contribution in [3.63, 3.8) is 0 Å². The molecule has 2 heterocycles. The lowest BCUT2D eigenvalue weighted by Crippen LogP contribution is -2.25. The molecule has 2 aromatic rings. The molecule has 0 unspecified atom stereocenters. The third kappa shape index (κ3) is 1.87. The Kier molecular flexibility index (Phi) is 2.82. The maximum absolute atomic E-state index is 12.0. The molecule has 0 atom stereocenters. The Balaban J connectivity index is 2.24. The van der Waals surface area contributed by atoms with Gasteiger partial charge in [0.25, 0.3) is 5.91 Å². The Morgan fingerprint density at radius 1 is 1.35 bits per heavy atom. The summed E-state index contributed by atoms with van der Waals surface area (Å²) in [6, 6.07) is 7.29. The average molecular weight is 270 g/mol. The lowest BCUT2D eigenvalue weighted by atomic mass is 9.96. The number of hydrogen-bond acceptors (Lipinski definition) is 3. The highest BCUT2D eigenvalue weighted by atomic mass is 16.5. The van der Waals surface area contributed by atoms with E-state index in [-0.39, 0.29) is 11.0 Å². The summed E-state index contributed by atoms with van der Waals surface area (Å²) in [5.41, 5.74) is 7.81. The van der Waals surface area contributed by atoms with Crippen LogP contribution in [-0.4, -0.2) is 17.6 Å². The maximum Gasteiger partial charge on any atom is 0.254 e. The third-order valence-corrected chi connectivity index (χ3v) is 3.61. The van der Waals surface area contributed by atoms with Gasteiger partial charge in [-0.2, -0.15) is 0 Å². The van der Waals surface area contributed by atoms with Crippen molar-refractivity contribution in [2.75, 3.05) is 7.11 Å². The van der Waals surface area contributed by atoms with Crippen LogP contribution in [0.15, 0.2) is 35.3 Å². The molecular weight excluding hydrogens is 256 g/mol. The van der Waals surface area contributed by atoms with Crippen LogP contribution in [0, 0.1) is 0 Å². The SMILES string of the molecule is COc1ccc2c(c1)-c1cc(=O)c(C(N)=O)cn1CC2. The number of aromatic nitrogens is 1. The van der Waals surface area contributed by atoms with Gasteiger partial charge in [-0.1, -0.05) is 6.07 Å². The predicted octanol–water partition coefficient (Wildman–Crippen LogP) is 1.18. The van der Waals surface area contributed by atoms with Gasteiger partial charge in [-0.25, -0.2) is 0 Å². The highest BCUT2D eigenvalue weighted by molar-refractivity contribution is 5.92. The molecule has 3 rings (SSSR count). The molecule has 1 amide bonds. The Bertz CT molecular complexity index is 762. The smallest absolute Gasteiger partial charge is 0.254 e. The number of nitrogens with two attached hydrogens (primary N) is 1. The summed E-state index contributed by atoms with van der Waals surface area (Å²) >= 11 is 0. The number of benzene rings is 1. The second kappa shape index (κ2) is 4.52. The van der Waals surface area contributed by atoms with E-state index in [0.29, 0.717) is 0 Å². The fourth-order valence-electron chi connectivity index (χ4n) is 2.56. The fraction of sp³-hybridized carbons (Fsp3) is 0.200. The third-order valence-electron chi connectivity index (χ3n) is 3.61. The van der Waals surface area contributed by atoms with Crippen molar-refractivity contribution < 1.29 is 9.53 Å². The first-order valence-corrected chi connectivity index (χ1v) is 6.31. The number of primary amides is 1. The highest BCUT2D eigenvalue weighted by Gasteiger charge is 2.19. The number of rotatable bonds is 2. The van der Waals surface area contributed by atoms with E-state index in [9.17, 15) is 9.59 Å². The summed E-state index contributed by atoms with van der Waals surface area (Å²) in [5.74, 6) is 0.0466. The molecule has 0 saturated carbocycles. The van der Waals surface area contributed by atoms with Crippen LogP contribution >= 0.6 is 0 Å². The Labute approximate surface area is 115 Å². The molecule has 5 nitrogen and oxygen atoms in total. The minimum absolute atomic E-state index is 0.0279. The first-order chi connectivity index (χ1) is 9.60. The molecule has 20 heavy (non-hydrogen) atoms. The van der Waals surface area contributed by atoms with E-state index in [0.717, 1.165) is 35.5 Å². The minimum Gasteiger partial charge on any atom is -0.497 e. The number of hydrogen-bond donors (Lipinski definition) is 1. The number of ether oxygens (including phenoxy) is 1. The van der Waals surface area contributed by atoms with Crippen LogP contribution in [0.5, 0.6) is 5.75 Å². The lowest BCUT2D eigenvalue weighted by molar-refractivity contribution is 0.0998. The number of fused-ring (bicyclic) bond motifs is 3. The zero-order chi connectivity index (χ0) is 14.3. The van der Waals surface area contributed by atoms with Crippen LogP contribution in [0.25, 0.3) is 11.3 Å². The van der Waals surface area contributed by atoms with Gasteiger partial charge in [-0.3, -0.25) is 9.59 Å².